The molecule has 0 radical (unpaired) electrons. The summed E-state index contributed by atoms with van der Waals surface area (Å²) in [6, 6.07) is 6.21. The highest BCUT2D eigenvalue weighted by molar-refractivity contribution is 6.90. The van der Waals surface area contributed by atoms with Gasteiger partial charge in [-0.2, -0.15) is 0 Å². The molecule has 1 aromatic carbocycles. The fourth-order valence-corrected chi connectivity index (χ4v) is 16.2. The number of hydrogen-bond donors (Lipinski definition) is 0. The fraction of sp³-hybridized carbons (Fsp3) is 0.667. The van der Waals surface area contributed by atoms with Crippen LogP contribution < -0.4 is 0 Å². The van der Waals surface area contributed by atoms with Gasteiger partial charge in [-0.15, -0.1) is 0 Å². The molecular weight excluding hydrogens is 360 g/mol. The van der Waals surface area contributed by atoms with Crippen LogP contribution in [0, 0.1) is 0 Å². The Morgan fingerprint density at radius 3 is 1.76 bits per heavy atom. The second-order valence-corrected chi connectivity index (χ2v) is 21.6. The smallest absolute Gasteiger partial charge is 0.142 e. The van der Waals surface area contributed by atoms with E-state index in [2.05, 4.69) is 67.2 Å². The lowest BCUT2D eigenvalue weighted by atomic mass is 10.1. The Labute approximate surface area is 161 Å². The second kappa shape index (κ2) is 6.97. The largest absolute Gasteiger partial charge is 0.299 e. The van der Waals surface area contributed by atoms with E-state index in [-0.39, 0.29) is 11.1 Å². The van der Waals surface area contributed by atoms with E-state index in [1.54, 1.807) is 0 Å². The maximum absolute atomic E-state index is 13.9. The van der Waals surface area contributed by atoms with Crippen molar-refractivity contribution in [2.45, 2.75) is 88.9 Å². The summed E-state index contributed by atoms with van der Waals surface area (Å²) in [6.45, 7) is 21.0. The van der Waals surface area contributed by atoms with Crippen molar-refractivity contribution in [2.24, 2.45) is 0 Å². The third-order valence-electron chi connectivity index (χ3n) is 6.62. The van der Waals surface area contributed by atoms with Gasteiger partial charge >= 0.3 is 0 Å². The Hall–Kier alpha value is -0.386. The Morgan fingerprint density at radius 2 is 1.36 bits per heavy atom. The number of carbonyl (C=O) groups excluding carboxylic acids is 1. The molecule has 2 atom stereocenters. The topological polar surface area (TPSA) is 17.1 Å². The lowest BCUT2D eigenvalue weighted by Gasteiger charge is -2.47. The molecule has 1 aromatic rings. The third-order valence-corrected chi connectivity index (χ3v) is 16.9. The van der Waals surface area contributed by atoms with Gasteiger partial charge in [0.15, 0.2) is 0 Å². The van der Waals surface area contributed by atoms with Crippen LogP contribution in [0.1, 0.15) is 63.8 Å². The molecule has 0 N–H and O–H groups in total. The van der Waals surface area contributed by atoms with Crippen LogP contribution in [0.2, 0.25) is 41.3 Å². The molecule has 0 spiro atoms. The van der Waals surface area contributed by atoms with Crippen LogP contribution in [0.15, 0.2) is 18.2 Å². The van der Waals surface area contributed by atoms with E-state index in [9.17, 15) is 4.79 Å². The van der Waals surface area contributed by atoms with Crippen LogP contribution in [0.3, 0.4) is 0 Å². The van der Waals surface area contributed by atoms with Crippen molar-refractivity contribution in [3.05, 3.63) is 34.3 Å². The molecule has 140 valence electrons. The molecule has 1 nitrogen and oxygen atoms in total. The van der Waals surface area contributed by atoms with E-state index in [1.165, 1.54) is 11.1 Å². The Kier molecular flexibility index (Phi) is 5.84. The van der Waals surface area contributed by atoms with Crippen LogP contribution in [0.5, 0.6) is 0 Å². The molecule has 2 rings (SSSR count). The van der Waals surface area contributed by atoms with Gasteiger partial charge in [-0.1, -0.05) is 84.9 Å². The van der Waals surface area contributed by atoms with Crippen molar-refractivity contribution < 1.29 is 4.79 Å². The molecule has 2 unspecified atom stereocenters. The molecule has 0 saturated carbocycles. The predicted octanol–water partition coefficient (Wildman–Crippen LogP) is 7.19. The minimum absolute atomic E-state index is 0.0490. The number of rotatable bonds is 5. The van der Waals surface area contributed by atoms with E-state index in [1.807, 2.05) is 12.1 Å². The number of Topliss-reactive ketones (excluding diaryl/α,β-unsaturated/α-hetero) is 1. The normalized spacial score (nSPS) is 21.6. The number of hydrogen-bond acceptors (Lipinski definition) is 1. The van der Waals surface area contributed by atoms with Crippen molar-refractivity contribution in [2.75, 3.05) is 0 Å². The SMILES string of the molecule is CC(C)[Si](C(C)C)(C(C)C)C1C(=O)C([Si](C)(C)C)c2cccc(Cl)c21. The molecule has 0 aliphatic heterocycles. The van der Waals surface area contributed by atoms with Gasteiger partial charge < -0.3 is 0 Å². The van der Waals surface area contributed by atoms with Gasteiger partial charge in [-0.25, -0.2) is 0 Å². The maximum atomic E-state index is 13.9. The average molecular weight is 395 g/mol. The summed E-state index contributed by atoms with van der Waals surface area (Å²) in [5, 5.41) is 0.815. The molecule has 25 heavy (non-hydrogen) atoms. The molecular formula is C21H35ClOSi2. The first-order valence-corrected chi connectivity index (χ1v) is 16.0. The van der Waals surface area contributed by atoms with Gasteiger partial charge in [0.05, 0.1) is 16.1 Å². The molecule has 0 heterocycles. The molecule has 4 heteroatoms. The highest BCUT2D eigenvalue weighted by Crippen LogP contribution is 2.58. The molecule has 0 fully saturated rings. The van der Waals surface area contributed by atoms with Gasteiger partial charge in [0.1, 0.15) is 5.78 Å². The van der Waals surface area contributed by atoms with Crippen LogP contribution in [-0.4, -0.2) is 21.9 Å². The molecule has 0 bridgehead atoms. The van der Waals surface area contributed by atoms with Crippen molar-refractivity contribution in [1.29, 1.82) is 0 Å². The Balaban J connectivity index is 2.84. The summed E-state index contributed by atoms with van der Waals surface area (Å²) in [5.74, 6) is 0.491. The standard InChI is InChI=1S/C21H35ClOSi2/c1-13(2)25(14(3)4,15(5)6)21-18-16(11-10-12-17(18)22)20(19(21)23)24(7,8)9/h10-15,20-21H,1-9H3. The van der Waals surface area contributed by atoms with Crippen LogP contribution >= 0.6 is 11.6 Å². The summed E-state index contributed by atoms with van der Waals surface area (Å²) in [4.78, 5) is 13.9. The lowest BCUT2D eigenvalue weighted by Crippen LogP contribution is -2.53. The minimum atomic E-state index is -1.97. The molecule has 1 aliphatic rings. The Morgan fingerprint density at radius 1 is 0.880 bits per heavy atom. The van der Waals surface area contributed by atoms with Crippen molar-refractivity contribution in [1.82, 2.24) is 0 Å². The first-order chi connectivity index (χ1) is 11.4. The summed E-state index contributed by atoms with van der Waals surface area (Å²) in [6.07, 6.45) is 0. The maximum Gasteiger partial charge on any atom is 0.142 e. The monoisotopic (exact) mass is 394 g/mol. The average Bonchev–Trinajstić information content (AvgIpc) is 2.72. The van der Waals surface area contributed by atoms with E-state index >= 15 is 0 Å². The number of halogens is 1. The van der Waals surface area contributed by atoms with E-state index in [0.29, 0.717) is 22.4 Å². The zero-order valence-corrected chi connectivity index (χ0v) is 20.2. The summed E-state index contributed by atoms with van der Waals surface area (Å²) in [5.41, 5.74) is 4.23. The van der Waals surface area contributed by atoms with E-state index in [0.717, 1.165) is 5.02 Å². The third kappa shape index (κ3) is 3.10. The lowest BCUT2D eigenvalue weighted by molar-refractivity contribution is -0.118. The Bertz CT molecular complexity index is 637. The van der Waals surface area contributed by atoms with Crippen LogP contribution in [0.25, 0.3) is 0 Å². The fourth-order valence-electron chi connectivity index (χ4n) is 5.96. The second-order valence-electron chi connectivity index (χ2n) is 9.84. The number of fused-ring (bicyclic) bond motifs is 1. The number of ketones is 1. The highest BCUT2D eigenvalue weighted by Gasteiger charge is 2.59. The van der Waals surface area contributed by atoms with Crippen LogP contribution in [0.4, 0.5) is 0 Å². The zero-order chi connectivity index (χ0) is 19.3. The van der Waals surface area contributed by atoms with Gasteiger partial charge in [0.2, 0.25) is 0 Å². The first-order valence-electron chi connectivity index (χ1n) is 9.70. The summed E-state index contributed by atoms with van der Waals surface area (Å²) in [7, 11) is -3.64. The van der Waals surface area contributed by atoms with Gasteiger partial charge in [0.25, 0.3) is 0 Å². The highest BCUT2D eigenvalue weighted by atomic mass is 35.5. The van der Waals surface area contributed by atoms with E-state index in [4.69, 9.17) is 11.6 Å². The number of benzene rings is 1. The zero-order valence-electron chi connectivity index (χ0n) is 17.4. The minimum Gasteiger partial charge on any atom is -0.299 e. The predicted molar refractivity (Wildman–Crippen MR) is 116 cm³/mol. The van der Waals surface area contributed by atoms with Crippen LogP contribution in [-0.2, 0) is 4.79 Å². The summed E-state index contributed by atoms with van der Waals surface area (Å²) >= 11 is 6.75. The van der Waals surface area contributed by atoms with Gasteiger partial charge in [-0.3, -0.25) is 4.79 Å². The molecule has 0 saturated heterocycles. The van der Waals surface area contributed by atoms with Crippen molar-refractivity contribution >= 4 is 33.5 Å². The molecule has 0 aromatic heterocycles. The summed E-state index contributed by atoms with van der Waals surface area (Å²) < 4.78 is 0. The molecule has 1 aliphatic carbocycles. The van der Waals surface area contributed by atoms with Crippen molar-refractivity contribution in [3.8, 4) is 0 Å². The molecule has 0 amide bonds. The van der Waals surface area contributed by atoms with Crippen molar-refractivity contribution in [3.63, 3.8) is 0 Å². The first kappa shape index (κ1) is 20.9. The van der Waals surface area contributed by atoms with Gasteiger partial charge in [0, 0.05) is 16.1 Å². The number of carbonyl (C=O) groups is 1. The quantitative estimate of drug-likeness (QED) is 0.483. The van der Waals surface area contributed by atoms with E-state index < -0.39 is 16.1 Å². The van der Waals surface area contributed by atoms with Gasteiger partial charge in [-0.05, 0) is 33.8 Å².